The maximum absolute atomic E-state index is 12.9. The Kier molecular flexibility index (Phi) is 3.25. The minimum absolute atomic E-state index is 0.363. The third-order valence-corrected chi connectivity index (χ3v) is 2.98. The van der Waals surface area contributed by atoms with Crippen molar-refractivity contribution in [1.82, 2.24) is 10.6 Å². The van der Waals surface area contributed by atoms with Gasteiger partial charge in [-0.1, -0.05) is 12.7 Å². The Morgan fingerprint density at radius 1 is 1.50 bits per heavy atom. The smallest absolute Gasteiger partial charge is 0.116 e. The molecular formula is C13H17FN2. The number of allylic oxidation sites excluding steroid dienone is 4. The van der Waals surface area contributed by atoms with Crippen LogP contribution in [0.15, 0.2) is 47.1 Å². The Labute approximate surface area is 95.6 Å². The average molecular weight is 220 g/mol. The highest BCUT2D eigenvalue weighted by atomic mass is 19.1. The van der Waals surface area contributed by atoms with Crippen molar-refractivity contribution in [2.24, 2.45) is 0 Å². The minimum atomic E-state index is -0.363. The SMILES string of the molecule is C=C(F)/C=C1\C/C(=C/C)NC2=C1CCNC2. The van der Waals surface area contributed by atoms with Crippen LogP contribution in [0.4, 0.5) is 4.39 Å². The molecule has 0 aromatic rings. The fourth-order valence-electron chi connectivity index (χ4n) is 2.21. The van der Waals surface area contributed by atoms with Crippen LogP contribution in [0.5, 0.6) is 0 Å². The molecule has 2 heterocycles. The Hall–Kier alpha value is -1.35. The van der Waals surface area contributed by atoms with E-state index in [4.69, 9.17) is 0 Å². The van der Waals surface area contributed by atoms with Crippen LogP contribution in [0.2, 0.25) is 0 Å². The van der Waals surface area contributed by atoms with E-state index in [-0.39, 0.29) is 5.83 Å². The molecule has 0 radical (unpaired) electrons. The standard InChI is InChI=1S/C13H17FN2/c1-3-11-7-10(6-9(2)14)12-4-5-15-8-13(12)16-11/h3,6,15-16H,2,4-5,7-8H2,1H3/b10-6+,11-3-. The lowest BCUT2D eigenvalue weighted by Crippen LogP contribution is -2.35. The third-order valence-electron chi connectivity index (χ3n) is 2.98. The Morgan fingerprint density at radius 3 is 3.00 bits per heavy atom. The van der Waals surface area contributed by atoms with Gasteiger partial charge >= 0.3 is 0 Å². The topological polar surface area (TPSA) is 24.1 Å². The molecule has 0 unspecified atom stereocenters. The van der Waals surface area contributed by atoms with Gasteiger partial charge in [0.1, 0.15) is 5.83 Å². The molecule has 0 aromatic carbocycles. The summed E-state index contributed by atoms with van der Waals surface area (Å²) in [5.41, 5.74) is 4.63. The van der Waals surface area contributed by atoms with E-state index in [9.17, 15) is 4.39 Å². The van der Waals surface area contributed by atoms with Gasteiger partial charge in [-0.05, 0) is 37.1 Å². The van der Waals surface area contributed by atoms with E-state index in [2.05, 4.69) is 17.2 Å². The Bertz CT molecular complexity index is 402. The second-order valence-electron chi connectivity index (χ2n) is 4.12. The van der Waals surface area contributed by atoms with E-state index in [1.54, 1.807) is 6.08 Å². The predicted octanol–water partition coefficient (Wildman–Crippen LogP) is 2.54. The molecule has 86 valence electrons. The molecule has 2 nitrogen and oxygen atoms in total. The van der Waals surface area contributed by atoms with Crippen molar-refractivity contribution in [2.75, 3.05) is 13.1 Å². The van der Waals surface area contributed by atoms with E-state index in [0.29, 0.717) is 0 Å². The van der Waals surface area contributed by atoms with Gasteiger partial charge in [0.05, 0.1) is 0 Å². The molecule has 0 saturated carbocycles. The molecule has 0 saturated heterocycles. The summed E-state index contributed by atoms with van der Waals surface area (Å²) in [6.07, 6.45) is 5.33. The van der Waals surface area contributed by atoms with E-state index >= 15 is 0 Å². The van der Waals surface area contributed by atoms with Gasteiger partial charge in [0.15, 0.2) is 0 Å². The summed E-state index contributed by atoms with van der Waals surface area (Å²) >= 11 is 0. The molecule has 2 N–H and O–H groups in total. The zero-order valence-electron chi connectivity index (χ0n) is 9.57. The van der Waals surface area contributed by atoms with Crippen LogP contribution in [0.3, 0.4) is 0 Å². The van der Waals surface area contributed by atoms with Gasteiger partial charge in [-0.2, -0.15) is 0 Å². The van der Waals surface area contributed by atoms with Crippen molar-refractivity contribution in [2.45, 2.75) is 19.8 Å². The minimum Gasteiger partial charge on any atom is -0.361 e. The molecule has 0 aliphatic carbocycles. The van der Waals surface area contributed by atoms with Gasteiger partial charge < -0.3 is 10.6 Å². The van der Waals surface area contributed by atoms with Gasteiger partial charge in [0.25, 0.3) is 0 Å². The first-order chi connectivity index (χ1) is 7.70. The quantitative estimate of drug-likeness (QED) is 0.709. The van der Waals surface area contributed by atoms with Crippen molar-refractivity contribution in [3.8, 4) is 0 Å². The largest absolute Gasteiger partial charge is 0.361 e. The summed E-state index contributed by atoms with van der Waals surface area (Å²) < 4.78 is 12.9. The lowest BCUT2D eigenvalue weighted by atomic mass is 9.90. The van der Waals surface area contributed by atoms with Crippen LogP contribution in [0.25, 0.3) is 0 Å². The molecule has 2 aliphatic rings. The van der Waals surface area contributed by atoms with Crippen molar-refractivity contribution in [3.63, 3.8) is 0 Å². The highest BCUT2D eigenvalue weighted by Gasteiger charge is 2.22. The number of nitrogens with one attached hydrogen (secondary N) is 2. The molecule has 0 fully saturated rings. The summed E-state index contributed by atoms with van der Waals surface area (Å²) in [4.78, 5) is 0. The molecule has 3 heteroatoms. The average Bonchev–Trinajstić information content (AvgIpc) is 2.28. The molecule has 0 amide bonds. The number of rotatable bonds is 1. The first kappa shape index (κ1) is 11.1. The second kappa shape index (κ2) is 4.66. The van der Waals surface area contributed by atoms with Gasteiger partial charge in [0.2, 0.25) is 0 Å². The fourth-order valence-corrected chi connectivity index (χ4v) is 2.21. The highest BCUT2D eigenvalue weighted by Crippen LogP contribution is 2.30. The van der Waals surface area contributed by atoms with Gasteiger partial charge in [-0.3, -0.25) is 0 Å². The molecule has 0 atom stereocenters. The van der Waals surface area contributed by atoms with Gasteiger partial charge in [0, 0.05) is 24.4 Å². The van der Waals surface area contributed by atoms with Crippen LogP contribution in [-0.4, -0.2) is 13.1 Å². The zero-order valence-corrected chi connectivity index (χ0v) is 9.57. The molecule has 2 aliphatic heterocycles. The summed E-state index contributed by atoms with van der Waals surface area (Å²) in [5.74, 6) is -0.363. The molecule has 16 heavy (non-hydrogen) atoms. The number of hydrogen-bond donors (Lipinski definition) is 2. The van der Waals surface area contributed by atoms with Crippen molar-refractivity contribution in [3.05, 3.63) is 47.1 Å². The summed E-state index contributed by atoms with van der Waals surface area (Å²) in [7, 11) is 0. The summed E-state index contributed by atoms with van der Waals surface area (Å²) in [6.45, 7) is 7.10. The molecule has 0 spiro atoms. The zero-order chi connectivity index (χ0) is 11.5. The van der Waals surface area contributed by atoms with Crippen LogP contribution in [0.1, 0.15) is 19.8 Å². The van der Waals surface area contributed by atoms with E-state index in [1.807, 2.05) is 13.0 Å². The molecule has 0 aromatic heterocycles. The number of hydrogen-bond acceptors (Lipinski definition) is 2. The molecule has 0 bridgehead atoms. The van der Waals surface area contributed by atoms with E-state index < -0.39 is 0 Å². The van der Waals surface area contributed by atoms with Crippen LogP contribution in [0, 0.1) is 0 Å². The summed E-state index contributed by atoms with van der Waals surface area (Å²) in [6, 6.07) is 0. The van der Waals surface area contributed by atoms with Crippen LogP contribution in [-0.2, 0) is 0 Å². The van der Waals surface area contributed by atoms with Gasteiger partial charge in [-0.15, -0.1) is 0 Å². The van der Waals surface area contributed by atoms with Crippen molar-refractivity contribution >= 4 is 0 Å². The van der Waals surface area contributed by atoms with E-state index in [0.717, 1.165) is 37.2 Å². The lowest BCUT2D eigenvalue weighted by molar-refractivity contribution is 0.623. The van der Waals surface area contributed by atoms with E-state index in [1.165, 1.54) is 11.3 Å². The number of halogens is 1. The maximum atomic E-state index is 12.9. The molecule has 2 rings (SSSR count). The first-order valence-corrected chi connectivity index (χ1v) is 5.61. The lowest BCUT2D eigenvalue weighted by Gasteiger charge is -2.30. The van der Waals surface area contributed by atoms with Crippen molar-refractivity contribution < 1.29 is 4.39 Å². The second-order valence-corrected chi connectivity index (χ2v) is 4.12. The Morgan fingerprint density at radius 2 is 2.31 bits per heavy atom. The monoisotopic (exact) mass is 220 g/mol. The maximum Gasteiger partial charge on any atom is 0.116 e. The predicted molar refractivity (Wildman–Crippen MR) is 64.4 cm³/mol. The van der Waals surface area contributed by atoms with Crippen molar-refractivity contribution in [1.29, 1.82) is 0 Å². The summed E-state index contributed by atoms with van der Waals surface area (Å²) in [5, 5.41) is 6.71. The highest BCUT2D eigenvalue weighted by molar-refractivity contribution is 5.46. The third kappa shape index (κ3) is 2.25. The normalized spacial score (nSPS) is 25.6. The van der Waals surface area contributed by atoms with Crippen LogP contribution < -0.4 is 10.6 Å². The van der Waals surface area contributed by atoms with Gasteiger partial charge in [-0.25, -0.2) is 4.39 Å². The first-order valence-electron chi connectivity index (χ1n) is 5.61. The van der Waals surface area contributed by atoms with Crippen LogP contribution >= 0.6 is 0 Å². The molecular weight excluding hydrogens is 203 g/mol. The Balaban J connectivity index is 2.38. The fraction of sp³-hybridized carbons (Fsp3) is 0.385.